The fourth-order valence-electron chi connectivity index (χ4n) is 3.79. The van der Waals surface area contributed by atoms with Crippen molar-refractivity contribution < 1.29 is 9.59 Å². The zero-order valence-electron chi connectivity index (χ0n) is 13.3. The monoisotopic (exact) mass is 328 g/mol. The van der Waals surface area contributed by atoms with Gasteiger partial charge in [0.2, 0.25) is 11.8 Å². The van der Waals surface area contributed by atoms with Crippen molar-refractivity contribution >= 4 is 29.1 Å². The van der Waals surface area contributed by atoms with Crippen molar-refractivity contribution in [1.29, 1.82) is 0 Å². The van der Waals surface area contributed by atoms with Gasteiger partial charge in [0.05, 0.1) is 0 Å². The third kappa shape index (κ3) is 2.22. The summed E-state index contributed by atoms with van der Waals surface area (Å²) in [4.78, 5) is 29.5. The van der Waals surface area contributed by atoms with Gasteiger partial charge in [-0.1, -0.05) is 48.6 Å². The van der Waals surface area contributed by atoms with Crippen molar-refractivity contribution in [3.8, 4) is 0 Å². The summed E-state index contributed by atoms with van der Waals surface area (Å²) in [6, 6.07) is 0. The van der Waals surface area contributed by atoms with E-state index in [0.717, 1.165) is 0 Å². The summed E-state index contributed by atoms with van der Waals surface area (Å²) in [5.74, 6) is -0.718. The van der Waals surface area contributed by atoms with Crippen molar-refractivity contribution in [3.63, 3.8) is 0 Å². The molecule has 2 unspecified atom stereocenters. The van der Waals surface area contributed by atoms with Crippen LogP contribution in [0.15, 0.2) is 48.6 Å². The molecule has 1 aliphatic heterocycles. The molecule has 0 bridgehead atoms. The number of hydrogen-bond donors (Lipinski definition) is 0. The second-order valence-corrected chi connectivity index (χ2v) is 6.56. The first kappa shape index (κ1) is 15.9. The van der Waals surface area contributed by atoms with Gasteiger partial charge in [0, 0.05) is 25.9 Å². The van der Waals surface area contributed by atoms with Crippen molar-refractivity contribution in [3.05, 3.63) is 48.6 Å². The number of amides is 2. The maximum atomic E-state index is 13.3. The molecule has 0 aromatic heterocycles. The van der Waals surface area contributed by atoms with E-state index < -0.39 is 5.41 Å². The van der Waals surface area contributed by atoms with Gasteiger partial charge in [-0.3, -0.25) is 19.4 Å². The average Bonchev–Trinajstić information content (AvgIpc) is 2.61. The zero-order chi connectivity index (χ0) is 16.6. The van der Waals surface area contributed by atoms with Gasteiger partial charge in [0.15, 0.2) is 5.11 Å². The van der Waals surface area contributed by atoms with Crippen LogP contribution in [0.4, 0.5) is 0 Å². The molecule has 120 valence electrons. The van der Waals surface area contributed by atoms with E-state index in [1.54, 1.807) is 14.1 Å². The number of rotatable bonds is 2. The summed E-state index contributed by atoms with van der Waals surface area (Å²) in [5, 5.41) is 0.265. The molecule has 3 aliphatic rings. The molecule has 1 fully saturated rings. The Hall–Kier alpha value is -2.01. The van der Waals surface area contributed by atoms with Crippen LogP contribution in [0.2, 0.25) is 0 Å². The Morgan fingerprint density at radius 3 is 1.70 bits per heavy atom. The lowest BCUT2D eigenvalue weighted by Crippen LogP contribution is -2.67. The van der Waals surface area contributed by atoms with Gasteiger partial charge in [-0.25, -0.2) is 0 Å². The van der Waals surface area contributed by atoms with E-state index in [9.17, 15) is 9.59 Å². The van der Waals surface area contributed by atoms with Gasteiger partial charge < -0.3 is 0 Å². The Labute approximate surface area is 141 Å². The van der Waals surface area contributed by atoms with E-state index in [-0.39, 0.29) is 28.8 Å². The largest absolute Gasteiger partial charge is 0.291 e. The number of thiocarbonyl (C=S) groups is 1. The van der Waals surface area contributed by atoms with Crippen LogP contribution < -0.4 is 0 Å². The van der Waals surface area contributed by atoms with Crippen molar-refractivity contribution in [2.24, 2.45) is 17.3 Å². The summed E-state index contributed by atoms with van der Waals surface area (Å²) < 4.78 is 0. The molecule has 4 nitrogen and oxygen atoms in total. The van der Waals surface area contributed by atoms with Gasteiger partial charge in [-0.2, -0.15) is 0 Å². The lowest BCUT2D eigenvalue weighted by molar-refractivity contribution is -0.161. The normalized spacial score (nSPS) is 29.6. The van der Waals surface area contributed by atoms with Crippen molar-refractivity contribution in [2.75, 3.05) is 14.1 Å². The third-order valence-corrected chi connectivity index (χ3v) is 5.57. The van der Waals surface area contributed by atoms with E-state index in [1.165, 1.54) is 9.80 Å². The molecule has 0 aromatic carbocycles. The summed E-state index contributed by atoms with van der Waals surface area (Å²) in [6.45, 7) is 0. The summed E-state index contributed by atoms with van der Waals surface area (Å²) in [5.41, 5.74) is -1.13. The molecule has 0 spiro atoms. The van der Waals surface area contributed by atoms with Crippen LogP contribution in [0.1, 0.15) is 12.8 Å². The number of nitrogens with zero attached hydrogens (tertiary/aromatic N) is 2. The number of carbonyl (C=O) groups excluding carboxylic acids is 2. The van der Waals surface area contributed by atoms with Crippen molar-refractivity contribution in [2.45, 2.75) is 12.8 Å². The summed E-state index contributed by atoms with van der Waals surface area (Å²) >= 11 is 5.26. The zero-order valence-corrected chi connectivity index (χ0v) is 14.1. The minimum atomic E-state index is -1.13. The Morgan fingerprint density at radius 2 is 1.35 bits per heavy atom. The number of hydrogen-bond acceptors (Lipinski definition) is 3. The molecule has 5 heteroatoms. The second kappa shape index (κ2) is 5.89. The fourth-order valence-corrected chi connectivity index (χ4v) is 3.96. The van der Waals surface area contributed by atoms with Gasteiger partial charge >= 0.3 is 0 Å². The van der Waals surface area contributed by atoms with Crippen LogP contribution in [0, 0.1) is 17.3 Å². The first-order chi connectivity index (χ1) is 11.0. The van der Waals surface area contributed by atoms with Crippen LogP contribution in [0.5, 0.6) is 0 Å². The average molecular weight is 328 g/mol. The van der Waals surface area contributed by atoms with Gasteiger partial charge in [0.25, 0.3) is 0 Å². The van der Waals surface area contributed by atoms with E-state index in [4.69, 9.17) is 12.2 Å². The molecular formula is C18H20N2O2S. The highest BCUT2D eigenvalue weighted by molar-refractivity contribution is 7.80. The summed E-state index contributed by atoms with van der Waals surface area (Å²) in [6.07, 6.45) is 17.1. The molecule has 0 aromatic rings. The SMILES string of the molecule is CN1C(=O)C(C2C=CC=CC2)(C2C=CC=CC2)C(=O)N(C)C1=S. The highest BCUT2D eigenvalue weighted by atomic mass is 32.1. The van der Waals surface area contributed by atoms with Crippen LogP contribution >= 0.6 is 12.2 Å². The molecule has 2 amide bonds. The molecule has 0 radical (unpaired) electrons. The number of carbonyl (C=O) groups is 2. The smallest absolute Gasteiger partial charge is 0.245 e. The van der Waals surface area contributed by atoms with E-state index in [0.29, 0.717) is 12.8 Å². The maximum absolute atomic E-state index is 13.3. The third-order valence-electron chi connectivity index (χ3n) is 5.02. The molecule has 0 saturated carbocycles. The Morgan fingerprint density at radius 1 is 0.913 bits per heavy atom. The van der Waals surface area contributed by atoms with Crippen molar-refractivity contribution in [1.82, 2.24) is 9.80 Å². The van der Waals surface area contributed by atoms with Crippen LogP contribution in [0.25, 0.3) is 0 Å². The molecule has 0 N–H and O–H groups in total. The Kier molecular flexibility index (Phi) is 4.06. The Balaban J connectivity index is 2.16. The highest BCUT2D eigenvalue weighted by Crippen LogP contribution is 2.48. The highest BCUT2D eigenvalue weighted by Gasteiger charge is 2.61. The molecule has 1 saturated heterocycles. The molecule has 1 heterocycles. The quantitative estimate of drug-likeness (QED) is 0.577. The minimum absolute atomic E-state index is 0.165. The molecule has 2 aliphatic carbocycles. The molecular weight excluding hydrogens is 308 g/mol. The van der Waals surface area contributed by atoms with Gasteiger partial charge in [0.1, 0.15) is 5.41 Å². The van der Waals surface area contributed by atoms with E-state index in [1.807, 2.05) is 48.6 Å². The molecule has 3 rings (SSSR count). The van der Waals surface area contributed by atoms with Gasteiger partial charge in [-0.05, 0) is 25.1 Å². The van der Waals surface area contributed by atoms with Crippen LogP contribution in [0.3, 0.4) is 0 Å². The minimum Gasteiger partial charge on any atom is -0.291 e. The first-order valence-electron chi connectivity index (χ1n) is 7.78. The second-order valence-electron chi connectivity index (χ2n) is 6.19. The fraction of sp³-hybridized carbons (Fsp3) is 0.389. The van der Waals surface area contributed by atoms with E-state index in [2.05, 4.69) is 0 Å². The van der Waals surface area contributed by atoms with Gasteiger partial charge in [-0.15, -0.1) is 0 Å². The Bertz CT molecular complexity index is 619. The lowest BCUT2D eigenvalue weighted by Gasteiger charge is -2.49. The van der Waals surface area contributed by atoms with Crippen LogP contribution in [-0.2, 0) is 9.59 Å². The molecule has 23 heavy (non-hydrogen) atoms. The summed E-state index contributed by atoms with van der Waals surface area (Å²) in [7, 11) is 3.32. The first-order valence-corrected chi connectivity index (χ1v) is 8.19. The topological polar surface area (TPSA) is 40.6 Å². The van der Waals surface area contributed by atoms with Crippen LogP contribution in [-0.4, -0.2) is 40.8 Å². The lowest BCUT2D eigenvalue weighted by atomic mass is 9.60. The molecule has 2 atom stereocenters. The predicted molar refractivity (Wildman–Crippen MR) is 93.3 cm³/mol. The maximum Gasteiger partial charge on any atom is 0.245 e. The standard InChI is InChI=1S/C18H20N2O2S/c1-19-15(21)18(13-9-5-3-6-10-13,14-11-7-4-8-12-14)16(22)20(2)17(19)23/h3-9,11,13-14H,10,12H2,1-2H3. The van der Waals surface area contributed by atoms with E-state index >= 15 is 0 Å². The number of allylic oxidation sites excluding steroid dienone is 8. The predicted octanol–water partition coefficient (Wildman–Crippen LogP) is 2.45.